The highest BCUT2D eigenvalue weighted by atomic mass is 15.3. The van der Waals surface area contributed by atoms with Crippen LogP contribution >= 0.6 is 0 Å². The Kier molecular flexibility index (Phi) is 3.15. The maximum atomic E-state index is 8.41. The van der Waals surface area contributed by atoms with Crippen molar-refractivity contribution in [2.24, 2.45) is 0 Å². The third-order valence-corrected chi connectivity index (χ3v) is 2.19. The number of nitriles is 1. The minimum absolute atomic E-state index is 0.751. The van der Waals surface area contributed by atoms with Crippen LogP contribution in [0, 0.1) is 11.3 Å². The molecule has 1 aromatic heterocycles. The summed E-state index contributed by atoms with van der Waals surface area (Å²) in [6, 6.07) is 12.1. The van der Waals surface area contributed by atoms with E-state index in [4.69, 9.17) is 5.26 Å². The number of rotatable bonds is 3. The molecule has 1 aromatic carbocycles. The number of hydrogen-bond acceptors (Lipinski definition) is 2. The smallest absolute Gasteiger partial charge is 0.0912 e. The van der Waals surface area contributed by atoms with E-state index in [-0.39, 0.29) is 0 Å². The van der Waals surface area contributed by atoms with E-state index < -0.39 is 0 Å². The van der Waals surface area contributed by atoms with Crippen molar-refractivity contribution < 1.29 is 0 Å². The van der Waals surface area contributed by atoms with Crippen LogP contribution in [0.5, 0.6) is 0 Å². The van der Waals surface area contributed by atoms with Crippen molar-refractivity contribution in [2.45, 2.75) is 6.54 Å². The Morgan fingerprint density at radius 3 is 2.88 bits per heavy atom. The first-order valence-electron chi connectivity index (χ1n) is 5.01. The van der Waals surface area contributed by atoms with Crippen molar-refractivity contribution in [2.75, 3.05) is 0 Å². The summed E-state index contributed by atoms with van der Waals surface area (Å²) >= 11 is 0. The molecule has 0 saturated heterocycles. The largest absolute Gasteiger partial charge is 0.268 e. The molecule has 0 bridgehead atoms. The number of aromatic nitrogens is 2. The second kappa shape index (κ2) is 4.94. The molecule has 3 heteroatoms. The van der Waals surface area contributed by atoms with E-state index in [1.165, 1.54) is 11.6 Å². The predicted octanol–water partition coefficient (Wildman–Crippen LogP) is 2.47. The Labute approximate surface area is 94.3 Å². The van der Waals surface area contributed by atoms with Crippen molar-refractivity contribution in [1.82, 2.24) is 9.78 Å². The van der Waals surface area contributed by atoms with Crippen LogP contribution in [0.4, 0.5) is 0 Å². The van der Waals surface area contributed by atoms with Crippen LogP contribution in [0.1, 0.15) is 11.1 Å². The molecule has 0 radical (unpaired) electrons. The van der Waals surface area contributed by atoms with Crippen LogP contribution in [0.15, 0.2) is 48.8 Å². The minimum atomic E-state index is 0.751. The van der Waals surface area contributed by atoms with Gasteiger partial charge >= 0.3 is 0 Å². The van der Waals surface area contributed by atoms with Gasteiger partial charge in [-0.2, -0.15) is 10.4 Å². The maximum absolute atomic E-state index is 8.41. The summed E-state index contributed by atoms with van der Waals surface area (Å²) in [6.45, 7) is 0.751. The average Bonchev–Trinajstić information content (AvgIpc) is 2.75. The molecule has 2 rings (SSSR count). The van der Waals surface area contributed by atoms with Crippen LogP contribution in [0.2, 0.25) is 0 Å². The van der Waals surface area contributed by atoms with Gasteiger partial charge in [0.15, 0.2) is 0 Å². The van der Waals surface area contributed by atoms with Crippen LogP contribution in [-0.4, -0.2) is 9.78 Å². The summed E-state index contributed by atoms with van der Waals surface area (Å²) in [7, 11) is 0. The quantitative estimate of drug-likeness (QED) is 0.729. The van der Waals surface area contributed by atoms with Gasteiger partial charge in [-0.05, 0) is 11.6 Å². The maximum Gasteiger partial charge on any atom is 0.0912 e. The van der Waals surface area contributed by atoms with Crippen molar-refractivity contribution >= 4 is 6.08 Å². The molecular formula is C13H11N3. The molecule has 0 amide bonds. The van der Waals surface area contributed by atoms with E-state index in [1.807, 2.05) is 35.1 Å². The molecule has 2 aromatic rings. The van der Waals surface area contributed by atoms with Gasteiger partial charge < -0.3 is 0 Å². The normalized spacial score (nSPS) is 10.4. The first-order chi connectivity index (χ1) is 7.88. The van der Waals surface area contributed by atoms with Gasteiger partial charge in [0.2, 0.25) is 0 Å². The monoisotopic (exact) mass is 209 g/mol. The highest BCUT2D eigenvalue weighted by molar-refractivity contribution is 5.49. The molecule has 3 nitrogen and oxygen atoms in total. The summed E-state index contributed by atoms with van der Waals surface area (Å²) in [4.78, 5) is 0. The van der Waals surface area contributed by atoms with Crippen LogP contribution in [0.25, 0.3) is 6.08 Å². The molecule has 0 N–H and O–H groups in total. The molecular weight excluding hydrogens is 198 g/mol. The van der Waals surface area contributed by atoms with Gasteiger partial charge in [-0.25, -0.2) is 0 Å². The van der Waals surface area contributed by atoms with E-state index in [0.717, 1.165) is 12.1 Å². The van der Waals surface area contributed by atoms with Crippen molar-refractivity contribution in [3.63, 3.8) is 0 Å². The Balaban J connectivity index is 2.09. The molecule has 0 aliphatic rings. The second-order valence-corrected chi connectivity index (χ2v) is 3.42. The lowest BCUT2D eigenvalue weighted by molar-refractivity contribution is 0.687. The first kappa shape index (κ1) is 10.2. The van der Waals surface area contributed by atoms with Gasteiger partial charge in [-0.1, -0.05) is 30.3 Å². The van der Waals surface area contributed by atoms with Crippen LogP contribution in [0.3, 0.4) is 0 Å². The molecule has 1 heterocycles. The zero-order valence-electron chi connectivity index (χ0n) is 8.74. The van der Waals surface area contributed by atoms with Crippen LogP contribution < -0.4 is 0 Å². The number of nitrogens with zero attached hydrogens (tertiary/aromatic N) is 3. The molecule has 0 aliphatic heterocycles. The molecule has 78 valence electrons. The van der Waals surface area contributed by atoms with Gasteiger partial charge in [-0.3, -0.25) is 4.68 Å². The third-order valence-electron chi connectivity index (χ3n) is 2.19. The second-order valence-electron chi connectivity index (χ2n) is 3.42. The van der Waals surface area contributed by atoms with Gasteiger partial charge in [0.1, 0.15) is 0 Å². The molecule has 0 saturated carbocycles. The highest BCUT2D eigenvalue weighted by Crippen LogP contribution is 2.04. The summed E-state index contributed by atoms with van der Waals surface area (Å²) < 4.78 is 1.85. The van der Waals surface area contributed by atoms with Gasteiger partial charge in [-0.15, -0.1) is 0 Å². The molecule has 0 aliphatic carbocycles. The SMILES string of the molecule is N#C/C=C/c1cnn(Cc2ccccc2)c1. The highest BCUT2D eigenvalue weighted by Gasteiger charge is 1.96. The van der Waals surface area contributed by atoms with Crippen molar-refractivity contribution in [1.29, 1.82) is 5.26 Å². The molecule has 0 fully saturated rings. The average molecular weight is 209 g/mol. The zero-order valence-corrected chi connectivity index (χ0v) is 8.74. The van der Waals surface area contributed by atoms with Crippen LogP contribution in [-0.2, 0) is 6.54 Å². The molecule has 0 atom stereocenters. The number of benzene rings is 1. The topological polar surface area (TPSA) is 41.6 Å². The van der Waals surface area contributed by atoms with Gasteiger partial charge in [0.25, 0.3) is 0 Å². The Bertz CT molecular complexity index is 518. The third kappa shape index (κ3) is 2.58. The van der Waals surface area contributed by atoms with Gasteiger partial charge in [0.05, 0.1) is 18.8 Å². The number of allylic oxidation sites excluding steroid dienone is 1. The number of hydrogen-bond donors (Lipinski definition) is 0. The molecule has 16 heavy (non-hydrogen) atoms. The fourth-order valence-corrected chi connectivity index (χ4v) is 1.46. The lowest BCUT2D eigenvalue weighted by Crippen LogP contribution is -1.98. The lowest BCUT2D eigenvalue weighted by Gasteiger charge is -2.00. The lowest BCUT2D eigenvalue weighted by atomic mass is 10.2. The molecule has 0 spiro atoms. The molecule has 0 unspecified atom stereocenters. The predicted molar refractivity (Wildman–Crippen MR) is 62.4 cm³/mol. The van der Waals surface area contributed by atoms with Gasteiger partial charge in [0, 0.05) is 17.8 Å². The van der Waals surface area contributed by atoms with E-state index in [1.54, 1.807) is 12.3 Å². The summed E-state index contributed by atoms with van der Waals surface area (Å²) in [5.74, 6) is 0. The fraction of sp³-hybridized carbons (Fsp3) is 0.0769. The summed E-state index contributed by atoms with van der Waals surface area (Å²) in [5.41, 5.74) is 2.15. The zero-order chi connectivity index (χ0) is 11.2. The van der Waals surface area contributed by atoms with Crippen molar-refractivity contribution in [3.8, 4) is 6.07 Å². The Morgan fingerprint density at radius 1 is 1.31 bits per heavy atom. The van der Waals surface area contributed by atoms with E-state index in [0.29, 0.717) is 0 Å². The van der Waals surface area contributed by atoms with E-state index in [9.17, 15) is 0 Å². The van der Waals surface area contributed by atoms with E-state index >= 15 is 0 Å². The standard InChI is InChI=1S/C13H11N3/c14-8-4-7-13-9-15-16(11-13)10-12-5-2-1-3-6-12/h1-7,9,11H,10H2/b7-4+. The van der Waals surface area contributed by atoms with E-state index in [2.05, 4.69) is 17.2 Å². The summed E-state index contributed by atoms with van der Waals surface area (Å²) in [6.07, 6.45) is 6.86. The summed E-state index contributed by atoms with van der Waals surface area (Å²) in [5, 5.41) is 12.6. The first-order valence-corrected chi connectivity index (χ1v) is 5.01. The Morgan fingerprint density at radius 2 is 2.12 bits per heavy atom. The fourth-order valence-electron chi connectivity index (χ4n) is 1.46. The Hall–Kier alpha value is -2.34. The minimum Gasteiger partial charge on any atom is -0.268 e. The van der Waals surface area contributed by atoms with Crippen molar-refractivity contribution in [3.05, 3.63) is 59.9 Å².